The molecule has 1 aliphatic heterocycles. The van der Waals surface area contributed by atoms with Crippen LogP contribution in [0.1, 0.15) is 44.0 Å². The van der Waals surface area contributed by atoms with Gasteiger partial charge in [-0.3, -0.25) is 4.79 Å². The van der Waals surface area contributed by atoms with Gasteiger partial charge in [-0.2, -0.15) is 0 Å². The molecule has 0 spiro atoms. The zero-order valence-corrected chi connectivity index (χ0v) is 16.4. The number of rotatable bonds is 2. The van der Waals surface area contributed by atoms with E-state index >= 15 is 0 Å². The Bertz CT molecular complexity index is 653. The van der Waals surface area contributed by atoms with Crippen LogP contribution in [0.25, 0.3) is 0 Å². The number of amides is 2. The van der Waals surface area contributed by atoms with Gasteiger partial charge in [0.1, 0.15) is 10.8 Å². The number of ether oxygens (including phenoxy) is 1. The molecule has 1 aromatic rings. The molecular formula is C17H23Cl2N3O3. The number of piperidine rings is 1. The van der Waals surface area contributed by atoms with Gasteiger partial charge in [0, 0.05) is 32.4 Å². The highest BCUT2D eigenvalue weighted by atomic mass is 35.5. The van der Waals surface area contributed by atoms with Gasteiger partial charge in [-0.25, -0.2) is 9.78 Å². The first kappa shape index (κ1) is 19.8. The van der Waals surface area contributed by atoms with Crippen molar-refractivity contribution in [2.45, 2.75) is 45.3 Å². The Balaban J connectivity index is 1.96. The first-order chi connectivity index (χ1) is 11.6. The average molecular weight is 388 g/mol. The fourth-order valence-electron chi connectivity index (χ4n) is 2.69. The molecule has 2 rings (SSSR count). The maximum Gasteiger partial charge on any atom is 0.410 e. The van der Waals surface area contributed by atoms with Crippen LogP contribution in [0.5, 0.6) is 0 Å². The van der Waals surface area contributed by atoms with Crippen molar-refractivity contribution < 1.29 is 14.3 Å². The van der Waals surface area contributed by atoms with Crippen LogP contribution in [0.15, 0.2) is 12.3 Å². The second-order valence-corrected chi connectivity index (χ2v) is 7.90. The summed E-state index contributed by atoms with van der Waals surface area (Å²) in [4.78, 5) is 32.0. The molecule has 1 aromatic heterocycles. The highest BCUT2D eigenvalue weighted by Crippen LogP contribution is 2.23. The Morgan fingerprint density at radius 1 is 1.28 bits per heavy atom. The predicted molar refractivity (Wildman–Crippen MR) is 97.2 cm³/mol. The van der Waals surface area contributed by atoms with Gasteiger partial charge in [0.2, 0.25) is 0 Å². The summed E-state index contributed by atoms with van der Waals surface area (Å²) in [6, 6.07) is 1.51. The average Bonchev–Trinajstić information content (AvgIpc) is 2.54. The van der Waals surface area contributed by atoms with Gasteiger partial charge in [0.15, 0.2) is 0 Å². The third-order valence-corrected chi connectivity index (χ3v) is 4.54. The molecule has 138 valence electrons. The van der Waals surface area contributed by atoms with Crippen LogP contribution in [0.4, 0.5) is 4.79 Å². The van der Waals surface area contributed by atoms with Crippen molar-refractivity contribution in [3.05, 3.63) is 28.0 Å². The Kier molecular flexibility index (Phi) is 6.16. The van der Waals surface area contributed by atoms with Crippen molar-refractivity contribution in [1.29, 1.82) is 0 Å². The van der Waals surface area contributed by atoms with E-state index in [1.165, 1.54) is 12.3 Å². The van der Waals surface area contributed by atoms with Crippen molar-refractivity contribution in [2.75, 3.05) is 20.1 Å². The standard InChI is InChI=1S/C17H23Cl2N3O3/c1-17(2,3)25-16(24)21(4)11-5-7-22(8-6-11)15(23)12-9-14(19)20-10-13(12)18/h9-11H,5-8H2,1-4H3. The summed E-state index contributed by atoms with van der Waals surface area (Å²) >= 11 is 11.9. The summed E-state index contributed by atoms with van der Waals surface area (Å²) in [6.45, 7) is 6.58. The van der Waals surface area contributed by atoms with E-state index in [0.717, 1.165) is 0 Å². The number of hydrogen-bond acceptors (Lipinski definition) is 4. The molecule has 1 aliphatic rings. The van der Waals surface area contributed by atoms with Gasteiger partial charge < -0.3 is 14.5 Å². The van der Waals surface area contributed by atoms with Crippen LogP contribution in [0.3, 0.4) is 0 Å². The second kappa shape index (κ2) is 7.79. The lowest BCUT2D eigenvalue weighted by Gasteiger charge is -2.37. The van der Waals surface area contributed by atoms with E-state index in [4.69, 9.17) is 27.9 Å². The Morgan fingerprint density at radius 2 is 1.88 bits per heavy atom. The maximum atomic E-state index is 12.6. The van der Waals surface area contributed by atoms with E-state index in [0.29, 0.717) is 31.5 Å². The van der Waals surface area contributed by atoms with Crippen LogP contribution >= 0.6 is 23.2 Å². The third-order valence-electron chi connectivity index (χ3n) is 4.03. The number of carbonyl (C=O) groups is 2. The molecule has 0 unspecified atom stereocenters. The molecule has 6 nitrogen and oxygen atoms in total. The molecule has 2 amide bonds. The van der Waals surface area contributed by atoms with Crippen molar-refractivity contribution in [3.63, 3.8) is 0 Å². The molecule has 1 fully saturated rings. The van der Waals surface area contributed by atoms with Crippen LogP contribution < -0.4 is 0 Å². The number of carbonyl (C=O) groups excluding carboxylic acids is 2. The summed E-state index contributed by atoms with van der Waals surface area (Å²) in [5, 5.41) is 0.509. The highest BCUT2D eigenvalue weighted by molar-refractivity contribution is 6.35. The molecule has 1 saturated heterocycles. The SMILES string of the molecule is CN(C(=O)OC(C)(C)C)C1CCN(C(=O)c2cc(Cl)ncc2Cl)CC1. The van der Waals surface area contributed by atoms with Gasteiger partial charge >= 0.3 is 6.09 Å². The van der Waals surface area contributed by atoms with Gasteiger partial charge in [-0.15, -0.1) is 0 Å². The van der Waals surface area contributed by atoms with E-state index in [1.54, 1.807) is 16.8 Å². The fraction of sp³-hybridized carbons (Fsp3) is 0.588. The summed E-state index contributed by atoms with van der Waals surface area (Å²) in [5.41, 5.74) is -0.181. The lowest BCUT2D eigenvalue weighted by Crippen LogP contribution is -2.48. The van der Waals surface area contributed by atoms with Crippen LogP contribution in [-0.4, -0.2) is 58.6 Å². The van der Waals surface area contributed by atoms with Crippen molar-refractivity contribution >= 4 is 35.2 Å². The van der Waals surface area contributed by atoms with Crippen LogP contribution in [0.2, 0.25) is 10.2 Å². The van der Waals surface area contributed by atoms with Crippen molar-refractivity contribution in [2.24, 2.45) is 0 Å². The van der Waals surface area contributed by atoms with E-state index in [9.17, 15) is 9.59 Å². The quantitative estimate of drug-likeness (QED) is 0.722. The summed E-state index contributed by atoms with van der Waals surface area (Å²) < 4.78 is 5.39. The maximum absolute atomic E-state index is 12.6. The molecule has 0 saturated carbocycles. The largest absolute Gasteiger partial charge is 0.444 e. The molecule has 0 aromatic carbocycles. The Morgan fingerprint density at radius 3 is 2.44 bits per heavy atom. The minimum atomic E-state index is -0.528. The second-order valence-electron chi connectivity index (χ2n) is 7.10. The zero-order valence-electron chi connectivity index (χ0n) is 14.9. The number of nitrogens with zero attached hydrogens (tertiary/aromatic N) is 3. The molecule has 8 heteroatoms. The Hall–Kier alpha value is -1.53. The highest BCUT2D eigenvalue weighted by Gasteiger charge is 2.30. The fourth-order valence-corrected chi connectivity index (χ4v) is 3.03. The molecule has 0 bridgehead atoms. The van der Waals surface area contributed by atoms with E-state index in [-0.39, 0.29) is 28.2 Å². The number of pyridine rings is 1. The topological polar surface area (TPSA) is 62.7 Å². The van der Waals surface area contributed by atoms with Gasteiger partial charge in [0.25, 0.3) is 5.91 Å². The smallest absolute Gasteiger partial charge is 0.410 e. The lowest BCUT2D eigenvalue weighted by atomic mass is 10.0. The molecule has 0 radical (unpaired) electrons. The normalized spacial score (nSPS) is 15.8. The first-order valence-corrected chi connectivity index (χ1v) is 8.90. The van der Waals surface area contributed by atoms with Crippen LogP contribution in [-0.2, 0) is 4.74 Å². The molecule has 2 heterocycles. The molecule has 0 aliphatic carbocycles. The number of halogens is 2. The minimum absolute atomic E-state index is 0.0374. The van der Waals surface area contributed by atoms with E-state index < -0.39 is 5.60 Å². The molecule has 25 heavy (non-hydrogen) atoms. The zero-order chi connectivity index (χ0) is 18.8. The Labute approximate surface area is 158 Å². The summed E-state index contributed by atoms with van der Waals surface area (Å²) in [7, 11) is 1.73. The number of hydrogen-bond donors (Lipinski definition) is 0. The predicted octanol–water partition coefficient (Wildman–Crippen LogP) is 3.86. The van der Waals surface area contributed by atoms with E-state index in [1.807, 2.05) is 20.8 Å². The van der Waals surface area contributed by atoms with Gasteiger partial charge in [-0.05, 0) is 39.7 Å². The monoisotopic (exact) mass is 387 g/mol. The van der Waals surface area contributed by atoms with Crippen LogP contribution in [0, 0.1) is 0 Å². The lowest BCUT2D eigenvalue weighted by molar-refractivity contribution is 0.0156. The first-order valence-electron chi connectivity index (χ1n) is 8.14. The van der Waals surface area contributed by atoms with Crippen molar-refractivity contribution in [1.82, 2.24) is 14.8 Å². The van der Waals surface area contributed by atoms with Gasteiger partial charge in [-0.1, -0.05) is 23.2 Å². The summed E-state index contributed by atoms with van der Waals surface area (Å²) in [6.07, 6.45) is 2.39. The number of aromatic nitrogens is 1. The molecule has 0 atom stereocenters. The van der Waals surface area contributed by atoms with Crippen molar-refractivity contribution in [3.8, 4) is 0 Å². The molecular weight excluding hydrogens is 365 g/mol. The summed E-state index contributed by atoms with van der Waals surface area (Å²) in [5.74, 6) is -0.173. The minimum Gasteiger partial charge on any atom is -0.444 e. The number of likely N-dealkylation sites (tertiary alicyclic amines) is 1. The van der Waals surface area contributed by atoms with Gasteiger partial charge in [0.05, 0.1) is 10.6 Å². The van der Waals surface area contributed by atoms with E-state index in [2.05, 4.69) is 4.98 Å². The molecule has 0 N–H and O–H groups in total. The third kappa shape index (κ3) is 5.22.